The molecule has 0 radical (unpaired) electrons. The number of amides is 2. The molecule has 1 saturated heterocycles. The second-order valence-electron chi connectivity index (χ2n) is 6.38. The minimum Gasteiger partial charge on any atom is -0.324 e. The van der Waals surface area contributed by atoms with Gasteiger partial charge in [-0.1, -0.05) is 18.2 Å². The van der Waals surface area contributed by atoms with Crippen molar-refractivity contribution in [3.05, 3.63) is 45.9 Å². The van der Waals surface area contributed by atoms with Crippen LogP contribution >= 0.6 is 11.3 Å². The van der Waals surface area contributed by atoms with Gasteiger partial charge in [-0.25, -0.2) is 9.78 Å². The minimum atomic E-state index is -0.941. The highest BCUT2D eigenvalue weighted by molar-refractivity contribution is 7.83. The predicted molar refractivity (Wildman–Crippen MR) is 104 cm³/mol. The van der Waals surface area contributed by atoms with Crippen molar-refractivity contribution in [1.82, 2.24) is 9.88 Å². The van der Waals surface area contributed by atoms with E-state index in [4.69, 9.17) is 0 Å². The van der Waals surface area contributed by atoms with Crippen molar-refractivity contribution in [1.29, 1.82) is 0 Å². The molecule has 134 valence electrons. The molecule has 7 heteroatoms. The molecular weight excluding hydrogens is 354 g/mol. The van der Waals surface area contributed by atoms with Crippen molar-refractivity contribution < 1.29 is 9.00 Å². The lowest BCUT2D eigenvalue weighted by Gasteiger charge is -2.31. The van der Waals surface area contributed by atoms with Crippen LogP contribution in [0.5, 0.6) is 0 Å². The molecule has 1 unspecified atom stereocenters. The van der Waals surface area contributed by atoms with Gasteiger partial charge in [0.05, 0.1) is 10.8 Å². The molecule has 0 bridgehead atoms. The zero-order valence-corrected chi connectivity index (χ0v) is 16.2. The van der Waals surface area contributed by atoms with E-state index in [1.807, 2.05) is 35.4 Å². The second kappa shape index (κ2) is 8.10. The summed E-state index contributed by atoms with van der Waals surface area (Å²) in [5, 5.41) is 4.17. The van der Waals surface area contributed by atoms with Crippen LogP contribution in [0.3, 0.4) is 0 Å². The first kappa shape index (κ1) is 18.1. The van der Waals surface area contributed by atoms with Crippen molar-refractivity contribution in [3.63, 3.8) is 0 Å². The van der Waals surface area contributed by atoms with E-state index in [9.17, 15) is 9.00 Å². The van der Waals surface area contributed by atoms with Crippen LogP contribution in [0.25, 0.3) is 0 Å². The molecule has 2 amide bonds. The molecule has 1 aliphatic rings. The van der Waals surface area contributed by atoms with Gasteiger partial charge in [0.25, 0.3) is 0 Å². The summed E-state index contributed by atoms with van der Waals surface area (Å²) < 4.78 is 11.5. The van der Waals surface area contributed by atoms with Gasteiger partial charge >= 0.3 is 6.03 Å². The van der Waals surface area contributed by atoms with Crippen molar-refractivity contribution in [2.75, 3.05) is 24.7 Å². The zero-order valence-electron chi connectivity index (χ0n) is 14.5. The third-order valence-corrected chi connectivity index (χ3v) is 6.18. The number of nitrogens with zero attached hydrogens (tertiary/aromatic N) is 2. The lowest BCUT2D eigenvalue weighted by Crippen LogP contribution is -2.40. The number of carbonyl (C=O) groups is 1. The van der Waals surface area contributed by atoms with E-state index in [1.54, 1.807) is 17.6 Å². The van der Waals surface area contributed by atoms with Crippen LogP contribution in [0.2, 0.25) is 0 Å². The van der Waals surface area contributed by atoms with E-state index in [-0.39, 0.29) is 6.03 Å². The van der Waals surface area contributed by atoms with Gasteiger partial charge in [-0.05, 0) is 31.4 Å². The Morgan fingerprint density at radius 2 is 2.08 bits per heavy atom. The lowest BCUT2D eigenvalue weighted by atomic mass is 9.98. The standard InChI is InChI=1S/C18H23N3O2S2/c1-13-11-19-17(24-13)14-7-9-21(10-8-14)18(22)20-16-6-4-3-5-15(16)12-25(2)23/h3-6,11,14H,7-10,12H2,1-2H3,(H,20,22). The van der Waals surface area contributed by atoms with E-state index in [0.29, 0.717) is 11.7 Å². The highest BCUT2D eigenvalue weighted by Crippen LogP contribution is 2.31. The number of urea groups is 1. The topological polar surface area (TPSA) is 62.3 Å². The first-order valence-corrected chi connectivity index (χ1v) is 10.9. The van der Waals surface area contributed by atoms with E-state index >= 15 is 0 Å². The second-order valence-corrected chi connectivity index (χ2v) is 9.08. The lowest BCUT2D eigenvalue weighted by molar-refractivity contribution is 0.194. The Labute approximate surface area is 154 Å². The summed E-state index contributed by atoms with van der Waals surface area (Å²) in [5.74, 6) is 0.902. The van der Waals surface area contributed by atoms with E-state index in [2.05, 4.69) is 17.2 Å². The normalized spacial score (nSPS) is 16.6. The molecule has 1 N–H and O–H groups in total. The largest absolute Gasteiger partial charge is 0.324 e. The quantitative estimate of drug-likeness (QED) is 0.883. The summed E-state index contributed by atoms with van der Waals surface area (Å²) in [4.78, 5) is 20.2. The van der Waals surface area contributed by atoms with E-state index in [1.165, 1.54) is 9.88 Å². The third-order valence-electron chi connectivity index (χ3n) is 4.39. The molecule has 1 aliphatic heterocycles. The Morgan fingerprint density at radius 1 is 1.36 bits per heavy atom. The maximum Gasteiger partial charge on any atom is 0.321 e. The van der Waals surface area contributed by atoms with E-state index in [0.717, 1.165) is 37.2 Å². The van der Waals surface area contributed by atoms with Crippen molar-refractivity contribution >= 4 is 33.9 Å². The van der Waals surface area contributed by atoms with Gasteiger partial charge in [-0.3, -0.25) is 4.21 Å². The predicted octanol–water partition coefficient (Wildman–Crippen LogP) is 3.74. The number of piperidine rings is 1. The molecule has 25 heavy (non-hydrogen) atoms. The molecule has 1 atom stereocenters. The molecule has 0 spiro atoms. The smallest absolute Gasteiger partial charge is 0.321 e. The van der Waals surface area contributed by atoms with Gasteiger partial charge < -0.3 is 10.2 Å². The van der Waals surface area contributed by atoms with Crippen LogP contribution in [0.1, 0.15) is 34.2 Å². The number of anilines is 1. The monoisotopic (exact) mass is 377 g/mol. The van der Waals surface area contributed by atoms with Gasteiger partial charge in [-0.15, -0.1) is 11.3 Å². The van der Waals surface area contributed by atoms with Gasteiger partial charge in [0, 0.05) is 52.8 Å². The summed E-state index contributed by atoms with van der Waals surface area (Å²) in [6.07, 6.45) is 5.49. The molecule has 0 aliphatic carbocycles. The number of aryl methyl sites for hydroxylation is 1. The number of para-hydroxylation sites is 1. The Hall–Kier alpha value is -1.73. The van der Waals surface area contributed by atoms with Crippen LogP contribution < -0.4 is 5.32 Å². The van der Waals surface area contributed by atoms with Crippen molar-refractivity contribution in [3.8, 4) is 0 Å². The Balaban J connectivity index is 1.59. The van der Waals surface area contributed by atoms with Crippen LogP contribution in [-0.4, -0.2) is 39.5 Å². The molecule has 2 aromatic rings. The molecule has 2 heterocycles. The average molecular weight is 378 g/mol. The highest BCUT2D eigenvalue weighted by Gasteiger charge is 2.25. The molecule has 1 fully saturated rings. The zero-order chi connectivity index (χ0) is 17.8. The van der Waals surface area contributed by atoms with Gasteiger partial charge in [0.1, 0.15) is 0 Å². The van der Waals surface area contributed by atoms with Crippen LogP contribution in [0, 0.1) is 6.92 Å². The summed E-state index contributed by atoms with van der Waals surface area (Å²) >= 11 is 1.76. The highest BCUT2D eigenvalue weighted by atomic mass is 32.2. The minimum absolute atomic E-state index is 0.0805. The molecule has 5 nitrogen and oxygen atoms in total. The molecular formula is C18H23N3O2S2. The Morgan fingerprint density at radius 3 is 2.72 bits per heavy atom. The van der Waals surface area contributed by atoms with Crippen LogP contribution in [0.4, 0.5) is 10.5 Å². The summed E-state index contributed by atoms with van der Waals surface area (Å²) in [6.45, 7) is 3.54. The van der Waals surface area contributed by atoms with Gasteiger partial charge in [-0.2, -0.15) is 0 Å². The van der Waals surface area contributed by atoms with E-state index < -0.39 is 10.8 Å². The maximum atomic E-state index is 12.6. The maximum absolute atomic E-state index is 12.6. The van der Waals surface area contributed by atoms with Crippen molar-refractivity contribution in [2.45, 2.75) is 31.4 Å². The van der Waals surface area contributed by atoms with Crippen LogP contribution in [-0.2, 0) is 16.6 Å². The number of hydrogen-bond donors (Lipinski definition) is 1. The third kappa shape index (κ3) is 4.67. The fourth-order valence-electron chi connectivity index (χ4n) is 3.07. The first-order valence-electron chi connectivity index (χ1n) is 8.39. The molecule has 1 aromatic carbocycles. The fraction of sp³-hybridized carbons (Fsp3) is 0.444. The number of hydrogen-bond acceptors (Lipinski definition) is 4. The number of likely N-dealkylation sites (tertiary alicyclic amines) is 1. The number of thiazole rings is 1. The first-order chi connectivity index (χ1) is 12.0. The Bertz CT molecular complexity index is 767. The molecule has 3 rings (SSSR count). The average Bonchev–Trinajstić information content (AvgIpc) is 3.03. The number of carbonyl (C=O) groups excluding carboxylic acids is 1. The fourth-order valence-corrected chi connectivity index (χ4v) is 4.70. The molecule has 0 saturated carbocycles. The molecule has 1 aromatic heterocycles. The number of nitrogens with one attached hydrogen (secondary N) is 1. The summed E-state index contributed by atoms with van der Waals surface area (Å²) in [5.41, 5.74) is 1.66. The number of rotatable bonds is 4. The van der Waals surface area contributed by atoms with Crippen LogP contribution in [0.15, 0.2) is 30.5 Å². The summed E-state index contributed by atoms with van der Waals surface area (Å²) in [7, 11) is -0.941. The number of benzene rings is 1. The summed E-state index contributed by atoms with van der Waals surface area (Å²) in [6, 6.07) is 7.48. The van der Waals surface area contributed by atoms with Gasteiger partial charge in [0.15, 0.2) is 0 Å². The SMILES string of the molecule is Cc1cnc(C2CCN(C(=O)Nc3ccccc3CS(C)=O)CC2)s1. The Kier molecular flexibility index (Phi) is 5.86. The number of aromatic nitrogens is 1. The van der Waals surface area contributed by atoms with Crippen molar-refractivity contribution in [2.24, 2.45) is 0 Å². The van der Waals surface area contributed by atoms with Gasteiger partial charge in [0.2, 0.25) is 0 Å².